The number of ether oxygens (including phenoxy) is 3. The highest BCUT2D eigenvalue weighted by Gasteiger charge is 2.19. The second kappa shape index (κ2) is 67.6. The lowest BCUT2D eigenvalue weighted by molar-refractivity contribution is -0.167. The van der Waals surface area contributed by atoms with E-state index in [1.807, 2.05) is 0 Å². The molecule has 0 bridgehead atoms. The zero-order valence-corrected chi connectivity index (χ0v) is 52.6. The summed E-state index contributed by atoms with van der Waals surface area (Å²) in [5.41, 5.74) is 0. The maximum Gasteiger partial charge on any atom is 0.306 e. The highest BCUT2D eigenvalue weighted by atomic mass is 16.6. The van der Waals surface area contributed by atoms with Crippen molar-refractivity contribution in [3.63, 3.8) is 0 Å². The van der Waals surface area contributed by atoms with E-state index in [0.717, 1.165) is 128 Å². The van der Waals surface area contributed by atoms with E-state index in [1.165, 1.54) is 154 Å². The van der Waals surface area contributed by atoms with Crippen LogP contribution in [0.4, 0.5) is 0 Å². The summed E-state index contributed by atoms with van der Waals surface area (Å²) in [6, 6.07) is 0. The molecule has 6 heteroatoms. The molecule has 0 N–H and O–H groups in total. The highest BCUT2D eigenvalue weighted by Crippen LogP contribution is 2.16. The smallest absolute Gasteiger partial charge is 0.306 e. The molecule has 0 heterocycles. The van der Waals surface area contributed by atoms with Crippen molar-refractivity contribution in [2.75, 3.05) is 13.2 Å². The van der Waals surface area contributed by atoms with Gasteiger partial charge in [-0.1, -0.05) is 284 Å². The lowest BCUT2D eigenvalue weighted by Crippen LogP contribution is -2.30. The number of allylic oxidation sites excluding steroid dienone is 18. The zero-order valence-electron chi connectivity index (χ0n) is 52.6. The lowest BCUT2D eigenvalue weighted by atomic mass is 10.0. The summed E-state index contributed by atoms with van der Waals surface area (Å²) in [5, 5.41) is 0. The molecular formula is C74H126O6. The Balaban J connectivity index is 4.36. The molecule has 0 aromatic heterocycles. The Morgan fingerprint density at radius 2 is 0.487 bits per heavy atom. The van der Waals surface area contributed by atoms with Crippen molar-refractivity contribution in [1.82, 2.24) is 0 Å². The number of esters is 3. The number of rotatable bonds is 61. The largest absolute Gasteiger partial charge is 0.462 e. The van der Waals surface area contributed by atoms with Crippen LogP contribution in [0.3, 0.4) is 0 Å². The van der Waals surface area contributed by atoms with E-state index in [0.29, 0.717) is 19.3 Å². The maximum absolute atomic E-state index is 12.9. The average molecular weight is 1110 g/mol. The topological polar surface area (TPSA) is 78.9 Å². The van der Waals surface area contributed by atoms with Gasteiger partial charge in [0, 0.05) is 19.3 Å². The molecule has 0 aromatic rings. The van der Waals surface area contributed by atoms with E-state index in [2.05, 4.69) is 130 Å². The Morgan fingerprint density at radius 1 is 0.263 bits per heavy atom. The van der Waals surface area contributed by atoms with Crippen molar-refractivity contribution in [3.05, 3.63) is 109 Å². The molecule has 0 aromatic carbocycles. The van der Waals surface area contributed by atoms with Gasteiger partial charge in [-0.25, -0.2) is 0 Å². The third-order valence-corrected chi connectivity index (χ3v) is 14.5. The first-order chi connectivity index (χ1) is 39.5. The van der Waals surface area contributed by atoms with Gasteiger partial charge in [0.1, 0.15) is 13.2 Å². The summed E-state index contributed by atoms with van der Waals surface area (Å²) < 4.78 is 16.9. The van der Waals surface area contributed by atoms with Crippen LogP contribution in [0.1, 0.15) is 323 Å². The number of carbonyl (C=O) groups excluding carboxylic acids is 3. The van der Waals surface area contributed by atoms with Gasteiger partial charge < -0.3 is 14.2 Å². The van der Waals surface area contributed by atoms with E-state index in [-0.39, 0.29) is 31.1 Å². The van der Waals surface area contributed by atoms with Gasteiger partial charge in [0.25, 0.3) is 0 Å². The van der Waals surface area contributed by atoms with Crippen LogP contribution in [0.5, 0.6) is 0 Å². The molecular weight excluding hydrogens is 985 g/mol. The summed E-state index contributed by atoms with van der Waals surface area (Å²) in [4.78, 5) is 38.4. The molecule has 0 fully saturated rings. The van der Waals surface area contributed by atoms with Gasteiger partial charge in [0.05, 0.1) is 0 Å². The van der Waals surface area contributed by atoms with Crippen molar-refractivity contribution < 1.29 is 28.6 Å². The molecule has 0 aliphatic heterocycles. The molecule has 6 nitrogen and oxygen atoms in total. The van der Waals surface area contributed by atoms with Crippen LogP contribution in [0, 0.1) is 0 Å². The van der Waals surface area contributed by atoms with Crippen molar-refractivity contribution in [1.29, 1.82) is 0 Å². The quantitative estimate of drug-likeness (QED) is 0.0261. The van der Waals surface area contributed by atoms with Crippen molar-refractivity contribution in [3.8, 4) is 0 Å². The van der Waals surface area contributed by atoms with E-state index >= 15 is 0 Å². The van der Waals surface area contributed by atoms with E-state index < -0.39 is 6.10 Å². The first-order valence-corrected chi connectivity index (χ1v) is 33.9. The van der Waals surface area contributed by atoms with E-state index in [9.17, 15) is 14.4 Å². The van der Waals surface area contributed by atoms with Gasteiger partial charge in [-0.15, -0.1) is 0 Å². The minimum Gasteiger partial charge on any atom is -0.462 e. The molecule has 0 saturated carbocycles. The SMILES string of the molecule is CC/C=C\C/C=C\C/C=C\C/C=C\C/C=C\CCCCCCCC(=O)OC(COC(=O)CCCCCCC/C=C\CCCCCCC)COC(=O)CCCCCCCCCCCCCC/C=C\C/C=C\C/C=C\CCCCCCC. The van der Waals surface area contributed by atoms with Crippen LogP contribution >= 0.6 is 0 Å². The molecule has 0 radical (unpaired) electrons. The predicted molar refractivity (Wildman–Crippen MR) is 348 cm³/mol. The molecule has 0 aliphatic carbocycles. The van der Waals surface area contributed by atoms with Gasteiger partial charge >= 0.3 is 17.9 Å². The standard InChI is InChI=1S/C74H126O6/c1-4-7-10-13-16-19-22-25-28-30-32-34-35-36-37-38-39-41-42-44-46-49-52-55-58-61-64-67-73(76)79-70-71(69-78-72(75)66-63-60-57-54-51-48-27-24-21-18-15-12-9-6-3)80-74(77)68-65-62-59-56-53-50-47-45-43-40-33-31-29-26-23-20-17-14-11-8-5-2/h8,11,17,20,22,24-27,29-30,32-33,35-36,40,45,47,71H,4-7,9-10,12-16,18-19,21,23,28,31,34,37-39,41-44,46,48-70H2,1-3H3/b11-8-,20-17-,25-22-,27-24-,29-26-,32-30-,36-35-,40-33-,47-45-. The van der Waals surface area contributed by atoms with Crippen LogP contribution in [-0.4, -0.2) is 37.2 Å². The fourth-order valence-electron chi connectivity index (χ4n) is 9.41. The number of unbranched alkanes of at least 4 members (excludes halogenated alkanes) is 32. The van der Waals surface area contributed by atoms with Gasteiger partial charge in [0.2, 0.25) is 0 Å². The Morgan fingerprint density at radius 3 is 0.775 bits per heavy atom. The van der Waals surface area contributed by atoms with Crippen LogP contribution < -0.4 is 0 Å². The third kappa shape index (κ3) is 64.9. The summed E-state index contributed by atoms with van der Waals surface area (Å²) >= 11 is 0. The second-order valence-electron chi connectivity index (χ2n) is 22.3. The van der Waals surface area contributed by atoms with Crippen LogP contribution in [0.25, 0.3) is 0 Å². The molecule has 0 aliphatic rings. The van der Waals surface area contributed by atoms with Crippen LogP contribution in [0.2, 0.25) is 0 Å². The minimum atomic E-state index is -0.796. The summed E-state index contributed by atoms with van der Waals surface area (Å²) in [6.45, 7) is 6.51. The molecule has 1 atom stereocenters. The predicted octanol–water partition coefficient (Wildman–Crippen LogP) is 23.4. The summed E-state index contributed by atoms with van der Waals surface area (Å²) in [7, 11) is 0. The van der Waals surface area contributed by atoms with Crippen molar-refractivity contribution in [2.45, 2.75) is 329 Å². The second-order valence-corrected chi connectivity index (χ2v) is 22.3. The number of hydrogen-bond donors (Lipinski definition) is 0. The lowest BCUT2D eigenvalue weighted by Gasteiger charge is -2.18. The maximum atomic E-state index is 12.9. The first kappa shape index (κ1) is 76.1. The fraction of sp³-hybridized carbons (Fsp3) is 0.716. The minimum absolute atomic E-state index is 0.0896. The summed E-state index contributed by atoms with van der Waals surface area (Å²) in [6.07, 6.45) is 92.4. The molecule has 0 saturated heterocycles. The van der Waals surface area contributed by atoms with Crippen molar-refractivity contribution >= 4 is 17.9 Å². The van der Waals surface area contributed by atoms with Gasteiger partial charge in [-0.05, 0) is 128 Å². The first-order valence-electron chi connectivity index (χ1n) is 33.9. The molecule has 458 valence electrons. The van der Waals surface area contributed by atoms with E-state index in [4.69, 9.17) is 14.2 Å². The average Bonchev–Trinajstić information content (AvgIpc) is 3.46. The van der Waals surface area contributed by atoms with E-state index in [1.54, 1.807) is 0 Å². The Kier molecular flexibility index (Phi) is 64.3. The van der Waals surface area contributed by atoms with Crippen LogP contribution in [0.15, 0.2) is 109 Å². The third-order valence-electron chi connectivity index (χ3n) is 14.5. The Labute approximate surface area is 495 Å². The molecule has 0 spiro atoms. The van der Waals surface area contributed by atoms with Gasteiger partial charge in [-0.3, -0.25) is 14.4 Å². The van der Waals surface area contributed by atoms with Crippen LogP contribution in [-0.2, 0) is 28.6 Å². The molecule has 0 amide bonds. The number of carbonyl (C=O) groups is 3. The normalized spacial score (nSPS) is 12.8. The van der Waals surface area contributed by atoms with Gasteiger partial charge in [-0.2, -0.15) is 0 Å². The molecule has 80 heavy (non-hydrogen) atoms. The Bertz CT molecular complexity index is 1610. The fourth-order valence-corrected chi connectivity index (χ4v) is 9.41. The monoisotopic (exact) mass is 1110 g/mol. The Hall–Kier alpha value is -3.93. The number of hydrogen-bond acceptors (Lipinski definition) is 6. The summed E-state index contributed by atoms with van der Waals surface area (Å²) in [5.74, 6) is -0.910. The molecule has 0 rings (SSSR count). The molecule has 1 unspecified atom stereocenters. The zero-order chi connectivity index (χ0) is 57.8. The highest BCUT2D eigenvalue weighted by molar-refractivity contribution is 5.71. The van der Waals surface area contributed by atoms with Crippen molar-refractivity contribution in [2.24, 2.45) is 0 Å². The van der Waals surface area contributed by atoms with Gasteiger partial charge in [0.15, 0.2) is 6.10 Å².